The van der Waals surface area contributed by atoms with E-state index in [1.807, 2.05) is 0 Å². The Morgan fingerprint density at radius 2 is 1.69 bits per heavy atom. The molecule has 0 aliphatic rings. The van der Waals surface area contributed by atoms with Crippen LogP contribution >= 0.6 is 0 Å². The monoisotopic (exact) mass is 357 g/mol. The molecule has 0 fully saturated rings. The van der Waals surface area contributed by atoms with Crippen LogP contribution in [0.1, 0.15) is 25.0 Å². The summed E-state index contributed by atoms with van der Waals surface area (Å²) in [4.78, 5) is 23.6. The molecule has 2 rings (SSSR count). The number of benzene rings is 2. The van der Waals surface area contributed by atoms with Crippen molar-refractivity contribution in [2.24, 2.45) is 0 Å². The lowest BCUT2D eigenvalue weighted by Crippen LogP contribution is -2.28. The number of ether oxygens (including phenoxy) is 2. The van der Waals surface area contributed by atoms with Crippen molar-refractivity contribution in [2.75, 3.05) is 19.5 Å². The van der Waals surface area contributed by atoms with Crippen molar-refractivity contribution < 1.29 is 24.2 Å². The number of rotatable bonds is 7. The average Bonchev–Trinajstić information content (AvgIpc) is 2.61. The van der Waals surface area contributed by atoms with Crippen LogP contribution in [0, 0.1) is 0 Å². The number of carbonyl (C=O) groups excluding carboxylic acids is 1. The minimum atomic E-state index is -0.990. The first-order valence-electron chi connectivity index (χ1n) is 8.12. The summed E-state index contributed by atoms with van der Waals surface area (Å²) in [7, 11) is 3.11. The van der Waals surface area contributed by atoms with E-state index in [-0.39, 0.29) is 12.3 Å². The van der Waals surface area contributed by atoms with Crippen LogP contribution in [-0.4, -0.2) is 31.2 Å². The number of aliphatic carboxylic acids is 1. The van der Waals surface area contributed by atoms with E-state index in [0.717, 1.165) is 0 Å². The predicted octanol–water partition coefficient (Wildman–Crippen LogP) is 3.25. The topological polar surface area (TPSA) is 84.9 Å². The SMILES string of the molecule is COc1ccc(OC)c(CC(=O)Nc2ccc(C(C)(C)C(=O)O)cc2)c1. The van der Waals surface area contributed by atoms with Crippen LogP contribution in [0.2, 0.25) is 0 Å². The Labute approximate surface area is 152 Å². The third-order valence-corrected chi connectivity index (χ3v) is 4.26. The molecule has 6 nitrogen and oxygen atoms in total. The maximum atomic E-state index is 12.3. The lowest BCUT2D eigenvalue weighted by molar-refractivity contribution is -0.142. The van der Waals surface area contributed by atoms with Gasteiger partial charge in [0.05, 0.1) is 26.1 Å². The van der Waals surface area contributed by atoms with Gasteiger partial charge in [-0.05, 0) is 49.7 Å². The zero-order valence-corrected chi connectivity index (χ0v) is 15.3. The fraction of sp³-hybridized carbons (Fsp3) is 0.300. The van der Waals surface area contributed by atoms with Gasteiger partial charge in [0.15, 0.2) is 0 Å². The van der Waals surface area contributed by atoms with E-state index in [9.17, 15) is 14.7 Å². The van der Waals surface area contributed by atoms with E-state index < -0.39 is 11.4 Å². The molecular weight excluding hydrogens is 334 g/mol. The van der Waals surface area contributed by atoms with Gasteiger partial charge in [-0.1, -0.05) is 12.1 Å². The lowest BCUT2D eigenvalue weighted by atomic mass is 9.85. The van der Waals surface area contributed by atoms with E-state index in [1.54, 1.807) is 70.5 Å². The van der Waals surface area contributed by atoms with Gasteiger partial charge in [-0.15, -0.1) is 0 Å². The highest BCUT2D eigenvalue weighted by molar-refractivity contribution is 5.92. The highest BCUT2D eigenvalue weighted by Gasteiger charge is 2.29. The average molecular weight is 357 g/mol. The van der Waals surface area contributed by atoms with Crippen molar-refractivity contribution in [1.29, 1.82) is 0 Å². The molecule has 0 saturated heterocycles. The van der Waals surface area contributed by atoms with Crippen LogP contribution in [0.5, 0.6) is 11.5 Å². The van der Waals surface area contributed by atoms with Gasteiger partial charge in [0.2, 0.25) is 5.91 Å². The Morgan fingerprint density at radius 1 is 1.04 bits per heavy atom. The van der Waals surface area contributed by atoms with Gasteiger partial charge in [0.25, 0.3) is 0 Å². The van der Waals surface area contributed by atoms with Crippen molar-refractivity contribution in [1.82, 2.24) is 0 Å². The molecule has 0 bridgehead atoms. The molecule has 0 aliphatic carbocycles. The molecular formula is C20H23NO5. The smallest absolute Gasteiger partial charge is 0.313 e. The molecule has 0 spiro atoms. The number of hydrogen-bond acceptors (Lipinski definition) is 4. The van der Waals surface area contributed by atoms with Crippen LogP contribution in [0.4, 0.5) is 5.69 Å². The van der Waals surface area contributed by atoms with Crippen molar-refractivity contribution in [2.45, 2.75) is 25.7 Å². The first-order valence-corrected chi connectivity index (χ1v) is 8.12. The van der Waals surface area contributed by atoms with Crippen molar-refractivity contribution in [3.8, 4) is 11.5 Å². The molecule has 2 aromatic rings. The quantitative estimate of drug-likeness (QED) is 0.795. The fourth-order valence-electron chi connectivity index (χ4n) is 2.49. The Balaban J connectivity index is 2.10. The summed E-state index contributed by atoms with van der Waals surface area (Å²) in [6.45, 7) is 3.27. The summed E-state index contributed by atoms with van der Waals surface area (Å²) < 4.78 is 10.5. The number of amides is 1. The second kappa shape index (κ2) is 7.91. The molecule has 0 aromatic heterocycles. The standard InChI is InChI=1S/C20H23NO5/c1-20(2,19(23)24)14-5-7-15(8-6-14)21-18(22)12-13-11-16(25-3)9-10-17(13)26-4/h5-11H,12H2,1-4H3,(H,21,22)(H,23,24). The molecule has 0 unspecified atom stereocenters. The molecule has 0 aliphatic heterocycles. The summed E-state index contributed by atoms with van der Waals surface area (Å²) in [6.07, 6.45) is 0.128. The molecule has 0 saturated carbocycles. The van der Waals surface area contributed by atoms with Gasteiger partial charge in [0.1, 0.15) is 11.5 Å². The second-order valence-corrected chi connectivity index (χ2v) is 6.41. The summed E-state index contributed by atoms with van der Waals surface area (Å²) in [5.74, 6) is 0.148. The predicted molar refractivity (Wildman–Crippen MR) is 99.0 cm³/mol. The van der Waals surface area contributed by atoms with Crippen LogP contribution < -0.4 is 14.8 Å². The Bertz CT molecular complexity index is 796. The van der Waals surface area contributed by atoms with Crippen molar-refractivity contribution in [3.05, 3.63) is 53.6 Å². The summed E-state index contributed by atoms with van der Waals surface area (Å²) in [5, 5.41) is 12.1. The first kappa shape index (κ1) is 19.3. The molecule has 0 heterocycles. The largest absolute Gasteiger partial charge is 0.497 e. The number of carboxylic acids is 1. The van der Waals surface area contributed by atoms with Crippen molar-refractivity contribution >= 4 is 17.6 Å². The van der Waals surface area contributed by atoms with E-state index in [2.05, 4.69) is 5.32 Å². The first-order chi connectivity index (χ1) is 12.3. The Morgan fingerprint density at radius 3 is 2.23 bits per heavy atom. The summed E-state index contributed by atoms with van der Waals surface area (Å²) in [5.41, 5.74) is 0.989. The number of carboxylic acid groups (broad SMARTS) is 1. The van der Waals surface area contributed by atoms with Crippen LogP contribution in [0.25, 0.3) is 0 Å². The third-order valence-electron chi connectivity index (χ3n) is 4.26. The molecule has 6 heteroatoms. The van der Waals surface area contributed by atoms with E-state index in [1.165, 1.54) is 0 Å². The zero-order valence-electron chi connectivity index (χ0n) is 15.3. The van der Waals surface area contributed by atoms with E-state index >= 15 is 0 Å². The van der Waals surface area contributed by atoms with Gasteiger partial charge in [-0.2, -0.15) is 0 Å². The fourth-order valence-corrected chi connectivity index (χ4v) is 2.49. The molecule has 26 heavy (non-hydrogen) atoms. The highest BCUT2D eigenvalue weighted by Crippen LogP contribution is 2.26. The number of nitrogens with one attached hydrogen (secondary N) is 1. The number of carbonyl (C=O) groups is 2. The maximum Gasteiger partial charge on any atom is 0.313 e. The van der Waals surface area contributed by atoms with Gasteiger partial charge in [0, 0.05) is 11.3 Å². The van der Waals surface area contributed by atoms with Crippen LogP contribution in [0.3, 0.4) is 0 Å². The Kier molecular flexibility index (Phi) is 5.87. The van der Waals surface area contributed by atoms with Gasteiger partial charge < -0.3 is 19.9 Å². The molecule has 0 atom stereocenters. The molecule has 138 valence electrons. The molecule has 2 aromatic carbocycles. The van der Waals surface area contributed by atoms with E-state index in [0.29, 0.717) is 28.3 Å². The molecule has 0 radical (unpaired) electrons. The highest BCUT2D eigenvalue weighted by atomic mass is 16.5. The number of anilines is 1. The van der Waals surface area contributed by atoms with E-state index in [4.69, 9.17) is 9.47 Å². The summed E-state index contributed by atoms with van der Waals surface area (Å²) >= 11 is 0. The van der Waals surface area contributed by atoms with Crippen LogP contribution in [0.15, 0.2) is 42.5 Å². The maximum absolute atomic E-state index is 12.3. The normalized spacial score (nSPS) is 10.9. The molecule has 1 amide bonds. The van der Waals surface area contributed by atoms with Gasteiger partial charge >= 0.3 is 5.97 Å². The van der Waals surface area contributed by atoms with Gasteiger partial charge in [-0.25, -0.2) is 0 Å². The lowest BCUT2D eigenvalue weighted by Gasteiger charge is -2.20. The number of methoxy groups -OCH3 is 2. The minimum Gasteiger partial charge on any atom is -0.497 e. The Hall–Kier alpha value is -3.02. The van der Waals surface area contributed by atoms with Gasteiger partial charge in [-0.3, -0.25) is 9.59 Å². The summed E-state index contributed by atoms with van der Waals surface area (Å²) in [6, 6.07) is 12.1. The molecule has 2 N–H and O–H groups in total. The zero-order chi connectivity index (χ0) is 19.3. The number of hydrogen-bond donors (Lipinski definition) is 2. The third kappa shape index (κ3) is 4.33. The van der Waals surface area contributed by atoms with Crippen molar-refractivity contribution in [3.63, 3.8) is 0 Å². The minimum absolute atomic E-state index is 0.128. The second-order valence-electron chi connectivity index (χ2n) is 6.41. The van der Waals surface area contributed by atoms with Crippen LogP contribution in [-0.2, 0) is 21.4 Å².